The number of hydrogen-bond acceptors (Lipinski definition) is 4. The summed E-state index contributed by atoms with van der Waals surface area (Å²) in [5.74, 6) is -3.85. The summed E-state index contributed by atoms with van der Waals surface area (Å²) >= 11 is 1.38. The Bertz CT molecular complexity index is 1060. The maximum absolute atomic E-state index is 14.2. The van der Waals surface area contributed by atoms with Gasteiger partial charge in [0.25, 0.3) is 5.92 Å². The van der Waals surface area contributed by atoms with Gasteiger partial charge >= 0.3 is 0 Å². The Hall–Kier alpha value is -2.82. The molecular weight excluding hydrogens is 375 g/mol. The Kier molecular flexibility index (Phi) is 4.17. The third-order valence-corrected chi connectivity index (χ3v) is 5.32. The molecule has 136 valence electrons. The number of nitrogens with zero attached hydrogens (tertiary/aromatic N) is 1. The largest absolute Gasteiger partial charge is 0.457 e. The van der Waals surface area contributed by atoms with Crippen LogP contribution in [-0.2, 0) is 6.42 Å². The van der Waals surface area contributed by atoms with Crippen molar-refractivity contribution in [3.8, 4) is 28.0 Å². The molecule has 0 bridgehead atoms. The Labute approximate surface area is 156 Å². The smallest absolute Gasteiger partial charge is 0.281 e. The highest BCUT2D eigenvalue weighted by Gasteiger charge is 2.49. The highest BCUT2D eigenvalue weighted by molar-refractivity contribution is 7.13. The molecule has 3 nitrogen and oxygen atoms in total. The minimum absolute atomic E-state index is 0.0299. The fraction of sp³-hybridized carbons (Fsp3) is 0.150. The van der Waals surface area contributed by atoms with E-state index in [2.05, 4.69) is 0 Å². The van der Waals surface area contributed by atoms with E-state index in [9.17, 15) is 18.3 Å². The minimum Gasteiger partial charge on any atom is -0.457 e. The molecule has 0 aliphatic heterocycles. The highest BCUT2D eigenvalue weighted by Crippen LogP contribution is 2.51. The normalized spacial score (nSPS) is 17.4. The molecular formula is C20H12F3NO2S. The molecule has 1 heterocycles. The van der Waals surface area contributed by atoms with Crippen LogP contribution in [0.5, 0.6) is 11.5 Å². The quantitative estimate of drug-likeness (QED) is 0.651. The molecule has 0 saturated heterocycles. The van der Waals surface area contributed by atoms with Gasteiger partial charge in [0.05, 0.1) is 11.6 Å². The first-order valence-electron chi connectivity index (χ1n) is 8.03. The number of alkyl halides is 2. The van der Waals surface area contributed by atoms with E-state index in [1.54, 1.807) is 18.2 Å². The third-order valence-electron chi connectivity index (χ3n) is 4.41. The van der Waals surface area contributed by atoms with Gasteiger partial charge in [0.2, 0.25) is 0 Å². The van der Waals surface area contributed by atoms with Crippen LogP contribution >= 0.6 is 11.3 Å². The highest BCUT2D eigenvalue weighted by atomic mass is 32.1. The number of fused-ring (bicyclic) bond motifs is 1. The molecule has 0 radical (unpaired) electrons. The fourth-order valence-corrected chi connectivity index (χ4v) is 4.00. The number of aliphatic hydroxyl groups excluding tert-OH is 1. The molecule has 27 heavy (non-hydrogen) atoms. The zero-order chi connectivity index (χ0) is 19.2. The van der Waals surface area contributed by atoms with Crippen LogP contribution in [0.3, 0.4) is 0 Å². The van der Waals surface area contributed by atoms with Crippen LogP contribution in [0, 0.1) is 17.1 Å². The van der Waals surface area contributed by atoms with E-state index in [1.165, 1.54) is 23.5 Å². The Morgan fingerprint density at radius 1 is 1.22 bits per heavy atom. The second-order valence-electron chi connectivity index (χ2n) is 6.21. The maximum atomic E-state index is 14.2. The van der Waals surface area contributed by atoms with Gasteiger partial charge in [-0.25, -0.2) is 13.2 Å². The van der Waals surface area contributed by atoms with Crippen molar-refractivity contribution in [2.45, 2.75) is 18.4 Å². The number of halogens is 3. The number of benzene rings is 2. The van der Waals surface area contributed by atoms with Crippen LogP contribution < -0.4 is 4.74 Å². The molecule has 2 aromatic carbocycles. The van der Waals surface area contributed by atoms with Gasteiger partial charge in [-0.15, -0.1) is 11.3 Å². The summed E-state index contributed by atoms with van der Waals surface area (Å²) in [5, 5.41) is 21.0. The monoisotopic (exact) mass is 387 g/mol. The average molecular weight is 387 g/mol. The van der Waals surface area contributed by atoms with Crippen molar-refractivity contribution in [3.05, 3.63) is 70.4 Å². The zero-order valence-electron chi connectivity index (χ0n) is 13.7. The minimum atomic E-state index is -3.33. The van der Waals surface area contributed by atoms with E-state index in [0.717, 1.165) is 17.0 Å². The van der Waals surface area contributed by atoms with E-state index in [1.807, 2.05) is 11.4 Å². The average Bonchev–Trinajstić information content (AvgIpc) is 3.23. The van der Waals surface area contributed by atoms with Crippen molar-refractivity contribution in [3.63, 3.8) is 0 Å². The first-order valence-corrected chi connectivity index (χ1v) is 8.91. The molecule has 3 aromatic rings. The van der Waals surface area contributed by atoms with Crippen LogP contribution in [0.25, 0.3) is 10.4 Å². The fourth-order valence-electron chi connectivity index (χ4n) is 3.24. The number of ether oxygens (including phenoxy) is 1. The van der Waals surface area contributed by atoms with Crippen molar-refractivity contribution >= 4 is 11.3 Å². The molecule has 1 atom stereocenters. The van der Waals surface area contributed by atoms with Crippen molar-refractivity contribution in [1.29, 1.82) is 5.26 Å². The molecule has 1 N–H and O–H groups in total. The van der Waals surface area contributed by atoms with E-state index in [-0.39, 0.29) is 28.2 Å². The van der Waals surface area contributed by atoms with Crippen LogP contribution in [0.1, 0.15) is 22.8 Å². The first kappa shape index (κ1) is 17.6. The van der Waals surface area contributed by atoms with Gasteiger partial charge in [-0.3, -0.25) is 0 Å². The summed E-state index contributed by atoms with van der Waals surface area (Å²) in [6.07, 6.45) is -2.63. The van der Waals surface area contributed by atoms with Gasteiger partial charge in [0, 0.05) is 28.5 Å². The summed E-state index contributed by atoms with van der Waals surface area (Å²) in [4.78, 5) is 0.757. The van der Waals surface area contributed by atoms with Crippen molar-refractivity contribution in [2.24, 2.45) is 0 Å². The summed E-state index contributed by atoms with van der Waals surface area (Å²) < 4.78 is 47.8. The molecule has 0 fully saturated rings. The van der Waals surface area contributed by atoms with E-state index in [4.69, 9.17) is 10.00 Å². The van der Waals surface area contributed by atoms with Crippen molar-refractivity contribution in [1.82, 2.24) is 0 Å². The van der Waals surface area contributed by atoms with Gasteiger partial charge in [-0.1, -0.05) is 6.07 Å². The lowest BCUT2D eigenvalue weighted by molar-refractivity contribution is -0.0966. The van der Waals surface area contributed by atoms with Gasteiger partial charge in [-0.05, 0) is 41.3 Å². The predicted octanol–water partition coefficient (Wildman–Crippen LogP) is 5.44. The van der Waals surface area contributed by atoms with Gasteiger partial charge in [-0.2, -0.15) is 5.26 Å². The molecule has 0 amide bonds. The molecule has 1 unspecified atom stereocenters. The van der Waals surface area contributed by atoms with Gasteiger partial charge in [0.15, 0.2) is 0 Å². The number of nitriles is 1. The molecule has 7 heteroatoms. The molecule has 4 rings (SSSR count). The Morgan fingerprint density at radius 3 is 2.74 bits per heavy atom. The number of thiophene rings is 1. The Balaban J connectivity index is 1.83. The predicted molar refractivity (Wildman–Crippen MR) is 94.6 cm³/mol. The van der Waals surface area contributed by atoms with Crippen LogP contribution in [0.2, 0.25) is 0 Å². The summed E-state index contributed by atoms with van der Waals surface area (Å²) in [5.41, 5.74) is 0.884. The van der Waals surface area contributed by atoms with E-state index < -0.39 is 24.3 Å². The van der Waals surface area contributed by atoms with Crippen LogP contribution in [0.15, 0.2) is 47.8 Å². The van der Waals surface area contributed by atoms with E-state index >= 15 is 0 Å². The number of rotatable bonds is 3. The van der Waals surface area contributed by atoms with Gasteiger partial charge < -0.3 is 9.84 Å². The van der Waals surface area contributed by atoms with Crippen LogP contribution in [0.4, 0.5) is 13.2 Å². The summed E-state index contributed by atoms with van der Waals surface area (Å²) in [6, 6.07) is 12.0. The lowest BCUT2D eigenvalue weighted by atomic mass is 10.00. The lowest BCUT2D eigenvalue weighted by Gasteiger charge is -2.16. The zero-order valence-corrected chi connectivity index (χ0v) is 14.6. The van der Waals surface area contributed by atoms with E-state index in [0.29, 0.717) is 5.56 Å². The number of aliphatic hydroxyl groups is 1. The molecule has 0 saturated carbocycles. The molecule has 0 spiro atoms. The summed E-state index contributed by atoms with van der Waals surface area (Å²) in [7, 11) is 0. The maximum Gasteiger partial charge on any atom is 0.281 e. The standard InChI is InChI=1S/C20H12F3NO2S/c21-12-6-11(10-24)7-13(8-12)26-16-4-3-14(17-2-1-5-27-17)18-15(16)9-20(22,23)19(18)25/h1-8,19,25H,9H2. The molecule has 1 aliphatic carbocycles. The summed E-state index contributed by atoms with van der Waals surface area (Å²) in [6.45, 7) is 0. The SMILES string of the molecule is N#Cc1cc(F)cc(Oc2ccc(-c3cccs3)c3c2CC(F)(F)C3O)c1. The first-order chi connectivity index (χ1) is 12.9. The second-order valence-corrected chi connectivity index (χ2v) is 7.16. The lowest BCUT2D eigenvalue weighted by Crippen LogP contribution is -2.21. The Morgan fingerprint density at radius 2 is 2.04 bits per heavy atom. The van der Waals surface area contributed by atoms with Crippen molar-refractivity contribution in [2.75, 3.05) is 0 Å². The molecule has 1 aliphatic rings. The van der Waals surface area contributed by atoms with Crippen LogP contribution in [-0.4, -0.2) is 11.0 Å². The number of hydrogen-bond donors (Lipinski definition) is 1. The van der Waals surface area contributed by atoms with Crippen molar-refractivity contribution < 1.29 is 23.0 Å². The third kappa shape index (κ3) is 3.07. The topological polar surface area (TPSA) is 53.2 Å². The van der Waals surface area contributed by atoms with Gasteiger partial charge in [0.1, 0.15) is 23.4 Å². The molecule has 1 aromatic heterocycles. The second kappa shape index (κ2) is 6.41.